The molecule has 2 heterocycles. The fourth-order valence-electron chi connectivity index (χ4n) is 3.52. The van der Waals surface area contributed by atoms with Crippen LogP contribution in [0.15, 0.2) is 54.9 Å². The highest BCUT2D eigenvalue weighted by Crippen LogP contribution is 2.26. The maximum Gasteiger partial charge on any atom is 0.258 e. The first-order valence-electron chi connectivity index (χ1n) is 9.53. The Morgan fingerprint density at radius 2 is 1.96 bits per heavy atom. The van der Waals surface area contributed by atoms with E-state index in [-0.39, 0.29) is 5.91 Å². The van der Waals surface area contributed by atoms with Crippen LogP contribution in [-0.4, -0.2) is 28.8 Å². The molecule has 0 aliphatic carbocycles. The van der Waals surface area contributed by atoms with Crippen LogP contribution < -0.4 is 10.2 Å². The van der Waals surface area contributed by atoms with E-state index in [9.17, 15) is 4.79 Å². The number of nitrogens with one attached hydrogen (secondary N) is 1. The number of aryl methyl sites for hydroxylation is 1. The van der Waals surface area contributed by atoms with E-state index in [0.717, 1.165) is 29.9 Å². The largest absolute Gasteiger partial charge is 0.372 e. The Labute approximate surface area is 169 Å². The molecule has 1 aliphatic heterocycles. The van der Waals surface area contributed by atoms with Gasteiger partial charge in [-0.15, -0.1) is 0 Å². The molecule has 1 fully saturated rings. The highest BCUT2D eigenvalue weighted by molar-refractivity contribution is 6.31. The minimum absolute atomic E-state index is 0.164. The topological polar surface area (TPSA) is 50.2 Å². The molecule has 1 saturated heterocycles. The van der Waals surface area contributed by atoms with E-state index in [0.29, 0.717) is 17.1 Å². The van der Waals surface area contributed by atoms with Gasteiger partial charge in [-0.1, -0.05) is 29.8 Å². The highest BCUT2D eigenvalue weighted by Gasteiger charge is 2.15. The van der Waals surface area contributed by atoms with Gasteiger partial charge < -0.3 is 10.2 Å². The molecule has 4 rings (SSSR count). The number of anilines is 2. The maximum absolute atomic E-state index is 12.6. The Morgan fingerprint density at radius 1 is 1.18 bits per heavy atom. The number of amides is 1. The van der Waals surface area contributed by atoms with Crippen molar-refractivity contribution < 1.29 is 4.79 Å². The predicted octanol–water partition coefficient (Wildman–Crippen LogP) is 4.75. The van der Waals surface area contributed by atoms with Crippen LogP contribution in [0.1, 0.15) is 34.3 Å². The second-order valence-electron chi connectivity index (χ2n) is 7.17. The van der Waals surface area contributed by atoms with Crippen LogP contribution in [0.3, 0.4) is 0 Å². The molecule has 144 valence electrons. The van der Waals surface area contributed by atoms with Crippen molar-refractivity contribution in [3.63, 3.8) is 0 Å². The summed E-state index contributed by atoms with van der Waals surface area (Å²) < 4.78 is 1.72. The molecule has 0 atom stereocenters. The van der Waals surface area contributed by atoms with Gasteiger partial charge in [0.15, 0.2) is 0 Å². The normalized spacial score (nSPS) is 13.7. The molecule has 0 unspecified atom stereocenters. The van der Waals surface area contributed by atoms with Crippen LogP contribution in [-0.2, 0) is 6.54 Å². The van der Waals surface area contributed by atoms with Gasteiger partial charge >= 0.3 is 0 Å². The number of rotatable bonds is 5. The molecule has 28 heavy (non-hydrogen) atoms. The Hall–Kier alpha value is -2.79. The number of benzene rings is 2. The molecule has 2 aromatic carbocycles. The predicted molar refractivity (Wildman–Crippen MR) is 113 cm³/mol. The van der Waals surface area contributed by atoms with Crippen LogP contribution in [0.4, 0.5) is 11.4 Å². The summed E-state index contributed by atoms with van der Waals surface area (Å²) >= 11 is 6.20. The number of carbonyl (C=O) groups excluding carboxylic acids is 1. The van der Waals surface area contributed by atoms with Gasteiger partial charge in [-0.25, -0.2) is 0 Å². The minimum atomic E-state index is -0.164. The molecule has 0 spiro atoms. The third kappa shape index (κ3) is 4.04. The van der Waals surface area contributed by atoms with Crippen molar-refractivity contribution in [2.24, 2.45) is 0 Å². The summed E-state index contributed by atoms with van der Waals surface area (Å²) in [5.74, 6) is -0.164. The van der Waals surface area contributed by atoms with Crippen molar-refractivity contribution in [3.8, 4) is 0 Å². The van der Waals surface area contributed by atoms with Crippen LogP contribution in [0.5, 0.6) is 0 Å². The average molecular weight is 395 g/mol. The van der Waals surface area contributed by atoms with Crippen LogP contribution in [0.2, 0.25) is 5.02 Å². The van der Waals surface area contributed by atoms with Gasteiger partial charge in [0.05, 0.1) is 18.3 Å². The van der Waals surface area contributed by atoms with Gasteiger partial charge in [-0.05, 0) is 55.2 Å². The van der Waals surface area contributed by atoms with Gasteiger partial charge in [0.25, 0.3) is 5.91 Å². The summed E-state index contributed by atoms with van der Waals surface area (Å²) in [5, 5.41) is 7.98. The third-order valence-electron chi connectivity index (χ3n) is 5.12. The van der Waals surface area contributed by atoms with Crippen molar-refractivity contribution in [1.29, 1.82) is 0 Å². The third-order valence-corrected chi connectivity index (χ3v) is 5.48. The zero-order valence-corrected chi connectivity index (χ0v) is 16.6. The van der Waals surface area contributed by atoms with Crippen molar-refractivity contribution in [2.75, 3.05) is 23.3 Å². The number of aromatic nitrogens is 2. The second-order valence-corrected chi connectivity index (χ2v) is 7.57. The molecule has 0 radical (unpaired) electrons. The summed E-state index contributed by atoms with van der Waals surface area (Å²) in [6, 6.07) is 13.8. The summed E-state index contributed by atoms with van der Waals surface area (Å²) in [5.41, 5.74) is 4.59. The Balaban J connectivity index is 1.44. The average Bonchev–Trinajstić information content (AvgIpc) is 3.37. The molecular formula is C22H23ClN4O. The summed E-state index contributed by atoms with van der Waals surface area (Å²) in [6.07, 6.45) is 5.82. The molecule has 0 saturated carbocycles. The second kappa shape index (κ2) is 8.07. The monoisotopic (exact) mass is 394 g/mol. The molecular weight excluding hydrogens is 372 g/mol. The molecule has 1 amide bonds. The van der Waals surface area contributed by atoms with E-state index < -0.39 is 0 Å². The quantitative estimate of drug-likeness (QED) is 0.679. The van der Waals surface area contributed by atoms with E-state index >= 15 is 0 Å². The molecule has 5 nitrogen and oxygen atoms in total. The lowest BCUT2D eigenvalue weighted by Gasteiger charge is -2.19. The number of hydrogen-bond donors (Lipinski definition) is 1. The molecule has 1 N–H and O–H groups in total. The van der Waals surface area contributed by atoms with E-state index in [1.165, 1.54) is 18.5 Å². The van der Waals surface area contributed by atoms with E-state index in [1.807, 2.05) is 37.3 Å². The van der Waals surface area contributed by atoms with Crippen LogP contribution >= 0.6 is 11.6 Å². The van der Waals surface area contributed by atoms with Gasteiger partial charge in [0.1, 0.15) is 0 Å². The van der Waals surface area contributed by atoms with E-state index in [1.54, 1.807) is 17.1 Å². The van der Waals surface area contributed by atoms with Crippen molar-refractivity contribution in [1.82, 2.24) is 9.78 Å². The van der Waals surface area contributed by atoms with Crippen molar-refractivity contribution in [3.05, 3.63) is 76.6 Å². The van der Waals surface area contributed by atoms with Gasteiger partial charge in [-0.3, -0.25) is 9.48 Å². The zero-order chi connectivity index (χ0) is 19.5. The first kappa shape index (κ1) is 18.6. The number of hydrogen-bond acceptors (Lipinski definition) is 3. The van der Waals surface area contributed by atoms with E-state index in [4.69, 9.17) is 11.6 Å². The number of nitrogens with zero attached hydrogens (tertiary/aromatic N) is 3. The molecule has 1 aromatic heterocycles. The first-order chi connectivity index (χ1) is 13.6. The molecule has 6 heteroatoms. The van der Waals surface area contributed by atoms with Gasteiger partial charge in [-0.2, -0.15) is 5.10 Å². The van der Waals surface area contributed by atoms with Crippen LogP contribution in [0.25, 0.3) is 0 Å². The SMILES string of the molecule is Cc1cc(N2CCCC2)ccc1NC(=O)c1cnn(Cc2ccccc2Cl)c1. The summed E-state index contributed by atoms with van der Waals surface area (Å²) in [7, 11) is 0. The standard InChI is InChI=1S/C22H23ClN4O/c1-16-12-19(26-10-4-5-11-26)8-9-21(16)25-22(28)18-13-24-27(15-18)14-17-6-2-3-7-20(17)23/h2-3,6-9,12-13,15H,4-5,10-11,14H2,1H3,(H,25,28). The van der Waals surface area contributed by atoms with Crippen LogP contribution in [0, 0.1) is 6.92 Å². The lowest BCUT2D eigenvalue weighted by Crippen LogP contribution is -2.18. The lowest BCUT2D eigenvalue weighted by atomic mass is 10.1. The lowest BCUT2D eigenvalue weighted by molar-refractivity contribution is 0.102. The molecule has 3 aromatic rings. The zero-order valence-electron chi connectivity index (χ0n) is 15.9. The van der Waals surface area contributed by atoms with E-state index in [2.05, 4.69) is 27.4 Å². The molecule has 1 aliphatic rings. The van der Waals surface area contributed by atoms with Gasteiger partial charge in [0.2, 0.25) is 0 Å². The fraction of sp³-hybridized carbons (Fsp3) is 0.273. The van der Waals surface area contributed by atoms with Crippen molar-refractivity contribution >= 4 is 28.9 Å². The summed E-state index contributed by atoms with van der Waals surface area (Å²) in [4.78, 5) is 15.0. The highest BCUT2D eigenvalue weighted by atomic mass is 35.5. The Kier molecular flexibility index (Phi) is 5.35. The number of carbonyl (C=O) groups is 1. The Bertz CT molecular complexity index is 992. The first-order valence-corrected chi connectivity index (χ1v) is 9.91. The maximum atomic E-state index is 12.6. The Morgan fingerprint density at radius 3 is 2.71 bits per heavy atom. The molecule has 0 bridgehead atoms. The fourth-order valence-corrected chi connectivity index (χ4v) is 3.72. The smallest absolute Gasteiger partial charge is 0.258 e. The minimum Gasteiger partial charge on any atom is -0.372 e. The van der Waals surface area contributed by atoms with Crippen molar-refractivity contribution in [2.45, 2.75) is 26.3 Å². The number of halogens is 1. The van der Waals surface area contributed by atoms with Gasteiger partial charge in [0, 0.05) is 35.7 Å². The summed E-state index contributed by atoms with van der Waals surface area (Å²) in [6.45, 7) is 4.76.